The Hall–Kier alpha value is -1.86. The summed E-state index contributed by atoms with van der Waals surface area (Å²) < 4.78 is 0. The molecule has 0 aliphatic heterocycles. The molecule has 3 unspecified atom stereocenters. The zero-order valence-electron chi connectivity index (χ0n) is 12.6. The minimum atomic E-state index is -0.180. The fourth-order valence-corrected chi connectivity index (χ4v) is 2.87. The lowest BCUT2D eigenvalue weighted by Crippen LogP contribution is -2.42. The van der Waals surface area contributed by atoms with Crippen molar-refractivity contribution in [3.05, 3.63) is 29.6 Å². The number of aliphatic hydroxyl groups is 1. The normalized spacial score (nSPS) is 24.8. The summed E-state index contributed by atoms with van der Waals surface area (Å²) in [5.41, 5.74) is 1.11. The third-order valence-corrected chi connectivity index (χ3v) is 4.06. The minimum absolute atomic E-state index is 0.122. The Morgan fingerprint density at radius 1 is 1.43 bits per heavy atom. The summed E-state index contributed by atoms with van der Waals surface area (Å²) >= 11 is 0. The zero-order valence-corrected chi connectivity index (χ0v) is 12.6. The van der Waals surface area contributed by atoms with E-state index in [1.165, 1.54) is 6.42 Å². The van der Waals surface area contributed by atoms with Gasteiger partial charge in [0.25, 0.3) is 5.91 Å². The van der Waals surface area contributed by atoms with Gasteiger partial charge in [0.05, 0.1) is 0 Å². The Balaban J connectivity index is 1.97. The van der Waals surface area contributed by atoms with E-state index >= 15 is 0 Å². The molecule has 1 aromatic rings. The highest BCUT2D eigenvalue weighted by atomic mass is 16.2. The topological polar surface area (TPSA) is 62.2 Å². The maximum absolute atomic E-state index is 12.2. The molecule has 1 aliphatic carbocycles. The number of aliphatic hydroxyl groups excluding tert-OH is 1. The summed E-state index contributed by atoms with van der Waals surface area (Å²) in [4.78, 5) is 16.4. The van der Waals surface area contributed by atoms with Crippen LogP contribution in [0.4, 0.5) is 0 Å². The van der Waals surface area contributed by atoms with Crippen LogP contribution in [0.5, 0.6) is 0 Å². The average Bonchev–Trinajstić information content (AvgIpc) is 2.48. The summed E-state index contributed by atoms with van der Waals surface area (Å²) in [5.74, 6) is 6.44. The fourth-order valence-electron chi connectivity index (χ4n) is 2.87. The van der Waals surface area contributed by atoms with Gasteiger partial charge in [0, 0.05) is 17.8 Å². The average molecular weight is 286 g/mol. The molecule has 21 heavy (non-hydrogen) atoms. The molecule has 1 saturated carbocycles. The van der Waals surface area contributed by atoms with Crippen LogP contribution in [0.15, 0.2) is 18.3 Å². The molecule has 112 valence electrons. The number of nitrogens with one attached hydrogen (secondary N) is 1. The second kappa shape index (κ2) is 7.24. The molecule has 1 fully saturated rings. The van der Waals surface area contributed by atoms with Crippen LogP contribution < -0.4 is 5.32 Å². The molecule has 0 bridgehead atoms. The highest BCUT2D eigenvalue weighted by molar-refractivity contribution is 5.92. The van der Waals surface area contributed by atoms with Gasteiger partial charge in [-0.1, -0.05) is 25.7 Å². The maximum Gasteiger partial charge on any atom is 0.270 e. The van der Waals surface area contributed by atoms with Crippen molar-refractivity contribution in [2.75, 3.05) is 6.61 Å². The Kier molecular flexibility index (Phi) is 5.35. The largest absolute Gasteiger partial charge is 0.384 e. The quantitative estimate of drug-likeness (QED) is 0.817. The van der Waals surface area contributed by atoms with E-state index < -0.39 is 0 Å². The first-order valence-electron chi connectivity index (χ1n) is 7.46. The number of carbonyl (C=O) groups excluding carboxylic acids is 1. The van der Waals surface area contributed by atoms with E-state index in [1.54, 1.807) is 18.3 Å². The van der Waals surface area contributed by atoms with Crippen molar-refractivity contribution in [3.63, 3.8) is 0 Å². The van der Waals surface area contributed by atoms with Gasteiger partial charge >= 0.3 is 0 Å². The van der Waals surface area contributed by atoms with Crippen LogP contribution in [0.25, 0.3) is 0 Å². The van der Waals surface area contributed by atoms with Gasteiger partial charge in [0.1, 0.15) is 12.3 Å². The molecule has 2 rings (SSSR count). The van der Waals surface area contributed by atoms with Gasteiger partial charge in [-0.05, 0) is 43.2 Å². The summed E-state index contributed by atoms with van der Waals surface area (Å²) in [6.45, 7) is 4.28. The molecule has 1 aromatic heterocycles. The first-order chi connectivity index (χ1) is 10.1. The second-order valence-electron chi connectivity index (χ2n) is 5.87. The van der Waals surface area contributed by atoms with Crippen LogP contribution in [0.2, 0.25) is 0 Å². The van der Waals surface area contributed by atoms with Gasteiger partial charge in [0.15, 0.2) is 0 Å². The van der Waals surface area contributed by atoms with Crippen molar-refractivity contribution in [3.8, 4) is 11.8 Å². The predicted octanol–water partition coefficient (Wildman–Crippen LogP) is 1.98. The lowest BCUT2D eigenvalue weighted by Gasteiger charge is -2.33. The summed E-state index contributed by atoms with van der Waals surface area (Å²) in [6.07, 6.45) is 4.92. The van der Waals surface area contributed by atoms with Crippen LogP contribution >= 0.6 is 0 Å². The maximum atomic E-state index is 12.2. The number of aromatic nitrogens is 1. The van der Waals surface area contributed by atoms with Gasteiger partial charge in [-0.25, -0.2) is 4.98 Å². The van der Waals surface area contributed by atoms with Crippen LogP contribution in [0.1, 0.15) is 49.2 Å². The number of hydrogen-bond acceptors (Lipinski definition) is 3. The number of carbonyl (C=O) groups is 1. The van der Waals surface area contributed by atoms with Crippen molar-refractivity contribution in [2.24, 2.45) is 11.8 Å². The molecular weight excluding hydrogens is 264 g/mol. The SMILES string of the molecule is CC1CCC(NC(=O)c2ccc(C#CCO)cn2)C(C)C1. The van der Waals surface area contributed by atoms with Gasteiger partial charge < -0.3 is 10.4 Å². The Labute approximate surface area is 126 Å². The van der Waals surface area contributed by atoms with E-state index in [-0.39, 0.29) is 18.6 Å². The molecule has 0 spiro atoms. The first-order valence-corrected chi connectivity index (χ1v) is 7.46. The van der Waals surface area contributed by atoms with Gasteiger partial charge in [-0.2, -0.15) is 0 Å². The van der Waals surface area contributed by atoms with Crippen molar-refractivity contribution in [2.45, 2.75) is 39.2 Å². The highest BCUT2D eigenvalue weighted by Crippen LogP contribution is 2.28. The standard InChI is InChI=1S/C17H22N2O2/c1-12-5-7-15(13(2)10-12)19-17(21)16-8-6-14(11-18-16)4-3-9-20/h6,8,11-13,15,20H,5,7,9-10H2,1-2H3,(H,19,21). The highest BCUT2D eigenvalue weighted by Gasteiger charge is 2.26. The summed E-state index contributed by atoms with van der Waals surface area (Å²) in [5, 5.41) is 11.7. The number of pyridine rings is 1. The smallest absolute Gasteiger partial charge is 0.270 e. The third-order valence-electron chi connectivity index (χ3n) is 4.06. The third kappa shape index (κ3) is 4.30. The monoisotopic (exact) mass is 286 g/mol. The Bertz CT molecular complexity index is 542. The molecule has 1 heterocycles. The number of amides is 1. The van der Waals surface area contributed by atoms with Crippen molar-refractivity contribution < 1.29 is 9.90 Å². The van der Waals surface area contributed by atoms with Gasteiger partial charge in [-0.15, -0.1) is 0 Å². The second-order valence-corrected chi connectivity index (χ2v) is 5.87. The molecular formula is C17H22N2O2. The van der Waals surface area contributed by atoms with Crippen LogP contribution in [0.3, 0.4) is 0 Å². The number of nitrogens with zero attached hydrogens (tertiary/aromatic N) is 1. The van der Waals surface area contributed by atoms with Crippen molar-refractivity contribution in [1.82, 2.24) is 10.3 Å². The van der Waals surface area contributed by atoms with Crippen LogP contribution in [0, 0.1) is 23.7 Å². The lowest BCUT2D eigenvalue weighted by molar-refractivity contribution is 0.0894. The van der Waals surface area contributed by atoms with E-state index in [0.29, 0.717) is 17.2 Å². The summed E-state index contributed by atoms with van der Waals surface area (Å²) in [6, 6.07) is 3.66. The molecule has 0 saturated heterocycles. The fraction of sp³-hybridized carbons (Fsp3) is 0.529. The molecule has 3 atom stereocenters. The van der Waals surface area contributed by atoms with E-state index in [9.17, 15) is 4.79 Å². The zero-order chi connectivity index (χ0) is 15.2. The van der Waals surface area contributed by atoms with Crippen LogP contribution in [-0.2, 0) is 0 Å². The molecule has 4 nitrogen and oxygen atoms in total. The summed E-state index contributed by atoms with van der Waals surface area (Å²) in [7, 11) is 0. The van der Waals surface area contributed by atoms with E-state index in [4.69, 9.17) is 5.11 Å². The lowest BCUT2D eigenvalue weighted by atomic mass is 9.80. The van der Waals surface area contributed by atoms with Gasteiger partial charge in [-0.3, -0.25) is 4.79 Å². The van der Waals surface area contributed by atoms with E-state index in [0.717, 1.165) is 18.8 Å². The molecule has 2 N–H and O–H groups in total. The number of rotatable bonds is 2. The van der Waals surface area contributed by atoms with Gasteiger partial charge in [0.2, 0.25) is 0 Å². The van der Waals surface area contributed by atoms with E-state index in [1.807, 2.05) is 0 Å². The molecule has 1 aliphatic rings. The molecule has 0 aromatic carbocycles. The molecule has 0 radical (unpaired) electrons. The number of hydrogen-bond donors (Lipinski definition) is 2. The first kappa shape index (κ1) is 15.5. The molecule has 1 amide bonds. The van der Waals surface area contributed by atoms with Crippen molar-refractivity contribution >= 4 is 5.91 Å². The predicted molar refractivity (Wildman–Crippen MR) is 81.6 cm³/mol. The Morgan fingerprint density at radius 2 is 2.24 bits per heavy atom. The minimum Gasteiger partial charge on any atom is -0.384 e. The van der Waals surface area contributed by atoms with Crippen molar-refractivity contribution in [1.29, 1.82) is 0 Å². The Morgan fingerprint density at radius 3 is 2.86 bits per heavy atom. The molecule has 4 heteroatoms. The van der Waals surface area contributed by atoms with Crippen LogP contribution in [-0.4, -0.2) is 28.6 Å². The van der Waals surface area contributed by atoms with E-state index in [2.05, 4.69) is 36.0 Å².